The summed E-state index contributed by atoms with van der Waals surface area (Å²) in [5, 5.41) is 9.82. The number of methoxy groups -OCH3 is 1. The molecule has 1 aliphatic carbocycles. The number of likely N-dealkylation sites (N-methyl/N-ethyl adjacent to an activating group) is 1. The van der Waals surface area contributed by atoms with Crippen molar-refractivity contribution in [2.24, 2.45) is 0 Å². The van der Waals surface area contributed by atoms with Gasteiger partial charge in [0.2, 0.25) is 0 Å². The van der Waals surface area contributed by atoms with Crippen LogP contribution in [0.25, 0.3) is 0 Å². The van der Waals surface area contributed by atoms with Crippen molar-refractivity contribution in [2.75, 3.05) is 27.3 Å². The van der Waals surface area contributed by atoms with Crippen LogP contribution in [-0.4, -0.2) is 49.5 Å². The van der Waals surface area contributed by atoms with Crippen LogP contribution in [0.1, 0.15) is 32.1 Å². The van der Waals surface area contributed by atoms with Crippen LogP contribution in [0.3, 0.4) is 0 Å². The Kier molecular flexibility index (Phi) is 5.45. The van der Waals surface area contributed by atoms with Crippen molar-refractivity contribution in [3.05, 3.63) is 0 Å². The normalized spacial score (nSPS) is 28.3. The number of hydrogen-bond acceptors (Lipinski definition) is 3. The van der Waals surface area contributed by atoms with Crippen molar-refractivity contribution in [3.63, 3.8) is 0 Å². The van der Waals surface area contributed by atoms with Crippen LogP contribution >= 0.6 is 0 Å². The minimum atomic E-state index is -0.115. The molecule has 0 aromatic heterocycles. The summed E-state index contributed by atoms with van der Waals surface area (Å²) in [7, 11) is 3.84. The first-order chi connectivity index (χ1) is 6.75. The predicted octanol–water partition coefficient (Wildman–Crippen LogP) is 1.26. The number of aliphatic hydroxyl groups is 1. The molecular weight excluding hydrogens is 178 g/mol. The standard InChI is InChI=1S/C11H23NO2/c1-12(8-5-9-14-2)10-6-3-4-7-11(10)13/h10-11,13H,3-9H2,1-2H3/t10-,11-/m0/s1. The second-order valence-corrected chi connectivity index (χ2v) is 4.25. The third-order valence-electron chi connectivity index (χ3n) is 3.12. The van der Waals surface area contributed by atoms with Crippen molar-refractivity contribution in [2.45, 2.75) is 44.2 Å². The summed E-state index contributed by atoms with van der Waals surface area (Å²) in [5.74, 6) is 0. The molecule has 0 unspecified atom stereocenters. The quantitative estimate of drug-likeness (QED) is 0.680. The number of nitrogens with zero attached hydrogens (tertiary/aromatic N) is 1. The van der Waals surface area contributed by atoms with Gasteiger partial charge in [-0.15, -0.1) is 0 Å². The Morgan fingerprint density at radius 2 is 2.07 bits per heavy atom. The summed E-state index contributed by atoms with van der Waals surface area (Å²) in [4.78, 5) is 2.28. The molecule has 0 bridgehead atoms. The Morgan fingerprint density at radius 3 is 2.71 bits per heavy atom. The summed E-state index contributed by atoms with van der Waals surface area (Å²) < 4.78 is 5.02. The highest BCUT2D eigenvalue weighted by Gasteiger charge is 2.25. The fourth-order valence-corrected chi connectivity index (χ4v) is 2.23. The summed E-state index contributed by atoms with van der Waals surface area (Å²) >= 11 is 0. The van der Waals surface area contributed by atoms with Gasteiger partial charge in [0.25, 0.3) is 0 Å². The van der Waals surface area contributed by atoms with E-state index in [1.807, 2.05) is 0 Å². The first-order valence-corrected chi connectivity index (χ1v) is 5.63. The maximum Gasteiger partial charge on any atom is 0.0695 e. The summed E-state index contributed by atoms with van der Waals surface area (Å²) in [6, 6.07) is 0.376. The van der Waals surface area contributed by atoms with Gasteiger partial charge in [-0.25, -0.2) is 0 Å². The molecule has 1 aliphatic rings. The lowest BCUT2D eigenvalue weighted by atomic mass is 9.91. The molecule has 3 nitrogen and oxygen atoms in total. The second-order valence-electron chi connectivity index (χ2n) is 4.25. The molecular formula is C11H23NO2. The molecule has 3 heteroatoms. The Bertz CT molecular complexity index is 152. The van der Waals surface area contributed by atoms with Crippen LogP contribution in [0, 0.1) is 0 Å². The Balaban J connectivity index is 2.23. The van der Waals surface area contributed by atoms with Crippen molar-refractivity contribution in [1.82, 2.24) is 4.90 Å². The maximum atomic E-state index is 9.82. The zero-order valence-corrected chi connectivity index (χ0v) is 9.41. The average Bonchev–Trinajstić information content (AvgIpc) is 2.18. The van der Waals surface area contributed by atoms with Gasteiger partial charge in [0.05, 0.1) is 6.10 Å². The van der Waals surface area contributed by atoms with E-state index in [4.69, 9.17) is 4.74 Å². The van der Waals surface area contributed by atoms with E-state index < -0.39 is 0 Å². The zero-order valence-electron chi connectivity index (χ0n) is 9.41. The van der Waals surface area contributed by atoms with Gasteiger partial charge in [-0.2, -0.15) is 0 Å². The van der Waals surface area contributed by atoms with Crippen LogP contribution in [-0.2, 0) is 4.74 Å². The number of hydrogen-bond donors (Lipinski definition) is 1. The molecule has 0 amide bonds. The Morgan fingerprint density at radius 1 is 1.36 bits per heavy atom. The lowest BCUT2D eigenvalue weighted by Crippen LogP contribution is -2.43. The van der Waals surface area contributed by atoms with E-state index in [1.165, 1.54) is 12.8 Å². The molecule has 0 aromatic rings. The summed E-state index contributed by atoms with van der Waals surface area (Å²) in [6.07, 6.45) is 5.50. The molecule has 14 heavy (non-hydrogen) atoms. The van der Waals surface area contributed by atoms with Crippen LogP contribution in [0.5, 0.6) is 0 Å². The predicted molar refractivity (Wildman–Crippen MR) is 57.4 cm³/mol. The lowest BCUT2D eigenvalue weighted by Gasteiger charge is -2.35. The first kappa shape index (κ1) is 12.0. The number of ether oxygens (including phenoxy) is 1. The fourth-order valence-electron chi connectivity index (χ4n) is 2.23. The SMILES string of the molecule is COCCCN(C)[C@H]1CCCC[C@@H]1O. The van der Waals surface area contributed by atoms with Gasteiger partial charge in [0, 0.05) is 26.3 Å². The van der Waals surface area contributed by atoms with Crippen LogP contribution in [0.2, 0.25) is 0 Å². The highest BCUT2D eigenvalue weighted by molar-refractivity contribution is 4.81. The third-order valence-corrected chi connectivity index (χ3v) is 3.12. The fraction of sp³-hybridized carbons (Fsp3) is 1.00. The van der Waals surface area contributed by atoms with Gasteiger partial charge in [-0.1, -0.05) is 12.8 Å². The Hall–Kier alpha value is -0.120. The van der Waals surface area contributed by atoms with Crippen LogP contribution in [0.4, 0.5) is 0 Å². The van der Waals surface area contributed by atoms with E-state index in [-0.39, 0.29) is 6.10 Å². The van der Waals surface area contributed by atoms with Crippen LogP contribution in [0.15, 0.2) is 0 Å². The minimum absolute atomic E-state index is 0.115. The monoisotopic (exact) mass is 201 g/mol. The molecule has 1 rings (SSSR count). The maximum absolute atomic E-state index is 9.82. The Labute approximate surface area is 87.1 Å². The lowest BCUT2D eigenvalue weighted by molar-refractivity contribution is 0.0288. The van der Waals surface area contributed by atoms with Crippen molar-refractivity contribution in [3.8, 4) is 0 Å². The van der Waals surface area contributed by atoms with Gasteiger partial charge in [0.1, 0.15) is 0 Å². The first-order valence-electron chi connectivity index (χ1n) is 5.63. The van der Waals surface area contributed by atoms with Gasteiger partial charge in [-0.05, 0) is 26.3 Å². The van der Waals surface area contributed by atoms with Crippen molar-refractivity contribution in [1.29, 1.82) is 0 Å². The molecule has 1 fully saturated rings. The topological polar surface area (TPSA) is 32.7 Å². The van der Waals surface area contributed by atoms with E-state index in [0.717, 1.165) is 32.4 Å². The smallest absolute Gasteiger partial charge is 0.0695 e. The van der Waals surface area contributed by atoms with Gasteiger partial charge >= 0.3 is 0 Å². The molecule has 0 saturated heterocycles. The molecule has 0 spiro atoms. The highest BCUT2D eigenvalue weighted by atomic mass is 16.5. The molecule has 0 aliphatic heterocycles. The molecule has 84 valence electrons. The van der Waals surface area contributed by atoms with E-state index in [0.29, 0.717) is 6.04 Å². The minimum Gasteiger partial charge on any atom is -0.391 e. The van der Waals surface area contributed by atoms with Crippen molar-refractivity contribution >= 4 is 0 Å². The largest absolute Gasteiger partial charge is 0.391 e. The zero-order chi connectivity index (χ0) is 10.4. The molecule has 0 radical (unpaired) electrons. The average molecular weight is 201 g/mol. The second kappa shape index (κ2) is 6.38. The van der Waals surface area contributed by atoms with E-state index in [9.17, 15) is 5.11 Å². The summed E-state index contributed by atoms with van der Waals surface area (Å²) in [5.41, 5.74) is 0. The third kappa shape index (κ3) is 3.56. The van der Waals surface area contributed by atoms with Gasteiger partial charge in [0.15, 0.2) is 0 Å². The molecule has 2 atom stereocenters. The van der Waals surface area contributed by atoms with Gasteiger partial charge in [-0.3, -0.25) is 0 Å². The van der Waals surface area contributed by atoms with Gasteiger partial charge < -0.3 is 14.7 Å². The van der Waals surface area contributed by atoms with E-state index in [1.54, 1.807) is 7.11 Å². The number of rotatable bonds is 5. The molecule has 1 N–H and O–H groups in total. The molecule has 1 saturated carbocycles. The number of aliphatic hydroxyl groups excluding tert-OH is 1. The highest BCUT2D eigenvalue weighted by Crippen LogP contribution is 2.22. The van der Waals surface area contributed by atoms with Crippen molar-refractivity contribution < 1.29 is 9.84 Å². The summed E-state index contributed by atoms with van der Waals surface area (Å²) in [6.45, 7) is 1.84. The van der Waals surface area contributed by atoms with E-state index in [2.05, 4.69) is 11.9 Å². The molecule has 0 heterocycles. The van der Waals surface area contributed by atoms with Crippen LogP contribution < -0.4 is 0 Å². The van der Waals surface area contributed by atoms with E-state index >= 15 is 0 Å². The molecule has 0 aromatic carbocycles.